The maximum Gasteiger partial charge on any atom is 0.296 e. The van der Waals surface area contributed by atoms with Crippen LogP contribution in [-0.4, -0.2) is 64.2 Å². The molecule has 4 aliphatic rings. The SMILES string of the molecule is O=C(C(=O)N1CCC(N2CCCCC2)CC1)c1ccc2n1Cc1ccccc1N(C(=O)c1ccc(C3CCCCC3)cc1)C2. The van der Waals surface area contributed by atoms with E-state index in [2.05, 4.69) is 17.0 Å². The number of aromatic nitrogens is 1. The van der Waals surface area contributed by atoms with Gasteiger partial charge in [0, 0.05) is 36.1 Å². The fourth-order valence-corrected chi connectivity index (χ4v) is 8.00. The first-order chi connectivity index (χ1) is 21.6. The van der Waals surface area contributed by atoms with Crippen LogP contribution in [0.3, 0.4) is 0 Å². The number of fused-ring (bicyclic) bond motifs is 2. The third-order valence-electron chi connectivity index (χ3n) is 10.6. The first-order valence-electron chi connectivity index (χ1n) is 16.8. The van der Waals surface area contributed by atoms with E-state index in [9.17, 15) is 14.4 Å². The van der Waals surface area contributed by atoms with Crippen LogP contribution in [0.1, 0.15) is 108 Å². The lowest BCUT2D eigenvalue weighted by molar-refractivity contribution is -0.128. The number of carbonyl (C=O) groups is 3. The van der Waals surface area contributed by atoms with Gasteiger partial charge in [-0.25, -0.2) is 0 Å². The summed E-state index contributed by atoms with van der Waals surface area (Å²) in [6.45, 7) is 4.34. The van der Waals surface area contributed by atoms with Gasteiger partial charge in [0.1, 0.15) is 0 Å². The van der Waals surface area contributed by atoms with Crippen molar-refractivity contribution in [3.05, 3.63) is 88.7 Å². The van der Waals surface area contributed by atoms with Crippen molar-refractivity contribution in [2.24, 2.45) is 0 Å². The molecule has 0 N–H and O–H groups in total. The van der Waals surface area contributed by atoms with Crippen molar-refractivity contribution >= 4 is 23.3 Å². The van der Waals surface area contributed by atoms with E-state index in [1.807, 2.05) is 51.9 Å². The Morgan fingerprint density at radius 1 is 0.659 bits per heavy atom. The van der Waals surface area contributed by atoms with Crippen LogP contribution in [0.25, 0.3) is 0 Å². The molecule has 7 rings (SSSR count). The smallest absolute Gasteiger partial charge is 0.296 e. The lowest BCUT2D eigenvalue weighted by Gasteiger charge is -2.40. The zero-order valence-corrected chi connectivity index (χ0v) is 25.8. The Bertz CT molecular complexity index is 1510. The Morgan fingerprint density at radius 3 is 2.11 bits per heavy atom. The van der Waals surface area contributed by atoms with Gasteiger partial charge in [-0.1, -0.05) is 56.0 Å². The van der Waals surface area contributed by atoms with Gasteiger partial charge in [0.15, 0.2) is 0 Å². The fraction of sp³-hybridized carbons (Fsp3) is 0.486. The highest BCUT2D eigenvalue weighted by molar-refractivity contribution is 6.42. The third kappa shape index (κ3) is 5.74. The summed E-state index contributed by atoms with van der Waals surface area (Å²) in [7, 11) is 0. The van der Waals surface area contributed by atoms with E-state index >= 15 is 0 Å². The van der Waals surface area contributed by atoms with E-state index < -0.39 is 11.7 Å². The molecule has 3 aliphatic heterocycles. The van der Waals surface area contributed by atoms with Crippen LogP contribution < -0.4 is 4.90 Å². The molecule has 1 aliphatic carbocycles. The van der Waals surface area contributed by atoms with Crippen molar-refractivity contribution in [1.82, 2.24) is 14.4 Å². The highest BCUT2D eigenvalue weighted by Gasteiger charge is 2.33. The minimum atomic E-state index is -0.455. The number of piperidine rings is 2. The number of benzene rings is 2. The molecule has 2 aromatic carbocycles. The molecule has 4 heterocycles. The van der Waals surface area contributed by atoms with Crippen molar-refractivity contribution in [2.75, 3.05) is 31.1 Å². The Balaban J connectivity index is 1.08. The molecule has 0 spiro atoms. The Hall–Kier alpha value is -3.71. The molecule has 2 amide bonds. The number of ketones is 1. The Kier molecular flexibility index (Phi) is 8.39. The van der Waals surface area contributed by atoms with Crippen molar-refractivity contribution in [1.29, 1.82) is 0 Å². The van der Waals surface area contributed by atoms with Gasteiger partial charge in [-0.05, 0) is 99.0 Å². The van der Waals surface area contributed by atoms with Gasteiger partial charge in [-0.3, -0.25) is 14.4 Å². The maximum absolute atomic E-state index is 14.0. The number of hydrogen-bond acceptors (Lipinski definition) is 4. The van der Waals surface area contributed by atoms with Crippen LogP contribution in [0, 0.1) is 0 Å². The maximum atomic E-state index is 14.0. The molecule has 3 aromatic rings. The summed E-state index contributed by atoms with van der Waals surface area (Å²) in [5.74, 6) is -0.327. The number of likely N-dealkylation sites (tertiary alicyclic amines) is 2. The topological polar surface area (TPSA) is 65.9 Å². The summed E-state index contributed by atoms with van der Waals surface area (Å²) in [5.41, 5.74) is 5.06. The van der Waals surface area contributed by atoms with Gasteiger partial charge >= 0.3 is 0 Å². The second kappa shape index (κ2) is 12.7. The molecule has 0 unspecified atom stereocenters. The van der Waals surface area contributed by atoms with Crippen LogP contribution in [0.4, 0.5) is 5.69 Å². The molecule has 1 aromatic heterocycles. The van der Waals surface area contributed by atoms with E-state index in [0.717, 1.165) is 42.9 Å². The largest absolute Gasteiger partial charge is 0.336 e. The summed E-state index contributed by atoms with van der Waals surface area (Å²) in [5, 5.41) is 0. The lowest BCUT2D eigenvalue weighted by Crippen LogP contribution is -2.49. The van der Waals surface area contributed by atoms with Crippen LogP contribution in [0.5, 0.6) is 0 Å². The van der Waals surface area contributed by atoms with E-state index in [-0.39, 0.29) is 5.91 Å². The molecule has 7 nitrogen and oxygen atoms in total. The summed E-state index contributed by atoms with van der Waals surface area (Å²) < 4.78 is 1.94. The highest BCUT2D eigenvalue weighted by Crippen LogP contribution is 2.34. The summed E-state index contributed by atoms with van der Waals surface area (Å²) in [4.78, 5) is 47.3. The average molecular weight is 593 g/mol. The third-order valence-corrected chi connectivity index (χ3v) is 10.6. The van der Waals surface area contributed by atoms with E-state index in [0.29, 0.717) is 49.4 Å². The van der Waals surface area contributed by atoms with E-state index in [1.54, 1.807) is 11.0 Å². The standard InChI is InChI=1S/C37H44N4O3/c42-35(37(44)39-23-19-31(20-24-39)38-21-7-2-8-22-38)34-18-17-32-26-41(33-12-6-5-11-30(33)25-40(32)34)36(43)29-15-13-28(14-16-29)27-9-3-1-4-10-27/h5-6,11-18,27,31H,1-4,7-10,19-26H2. The normalized spacial score (nSPS) is 20.1. The molecule has 230 valence electrons. The molecule has 1 saturated carbocycles. The first kappa shape index (κ1) is 29.0. The minimum Gasteiger partial charge on any atom is -0.336 e. The first-order valence-corrected chi connectivity index (χ1v) is 16.8. The average Bonchev–Trinajstić information content (AvgIpc) is 3.41. The molecule has 0 bridgehead atoms. The van der Waals surface area contributed by atoms with Gasteiger partial charge in [0.2, 0.25) is 0 Å². The number of rotatable bonds is 5. The Morgan fingerprint density at radius 2 is 1.36 bits per heavy atom. The molecule has 3 fully saturated rings. The molecular weight excluding hydrogens is 548 g/mol. The number of hydrogen-bond donors (Lipinski definition) is 0. The number of nitrogens with zero attached hydrogens (tertiary/aromatic N) is 4. The fourth-order valence-electron chi connectivity index (χ4n) is 8.00. The van der Waals surface area contributed by atoms with E-state index in [4.69, 9.17) is 0 Å². The van der Waals surface area contributed by atoms with Crippen molar-refractivity contribution < 1.29 is 14.4 Å². The predicted molar refractivity (Wildman–Crippen MR) is 172 cm³/mol. The number of para-hydroxylation sites is 1. The van der Waals surface area contributed by atoms with Crippen LogP contribution in [0.15, 0.2) is 60.7 Å². The summed E-state index contributed by atoms with van der Waals surface area (Å²) >= 11 is 0. The van der Waals surface area contributed by atoms with Gasteiger partial charge in [-0.15, -0.1) is 0 Å². The quantitative estimate of drug-likeness (QED) is 0.254. The van der Waals surface area contributed by atoms with Crippen LogP contribution in [-0.2, 0) is 17.9 Å². The highest BCUT2D eigenvalue weighted by atomic mass is 16.2. The second-order valence-corrected chi connectivity index (χ2v) is 13.2. The van der Waals surface area contributed by atoms with Crippen molar-refractivity contribution in [2.45, 2.75) is 89.3 Å². The molecule has 2 saturated heterocycles. The molecule has 44 heavy (non-hydrogen) atoms. The minimum absolute atomic E-state index is 0.0529. The van der Waals surface area contributed by atoms with Crippen LogP contribution >= 0.6 is 0 Å². The van der Waals surface area contributed by atoms with Gasteiger partial charge in [0.05, 0.1) is 18.8 Å². The molecule has 0 radical (unpaired) electrons. The van der Waals surface area contributed by atoms with E-state index in [1.165, 1.54) is 56.9 Å². The number of amides is 2. The monoisotopic (exact) mass is 592 g/mol. The predicted octanol–water partition coefficient (Wildman–Crippen LogP) is 6.40. The second-order valence-electron chi connectivity index (χ2n) is 13.2. The molecule has 0 atom stereocenters. The number of Topliss-reactive ketones (excluding diaryl/α,β-unsaturated/α-hetero) is 1. The van der Waals surface area contributed by atoms with Crippen molar-refractivity contribution in [3.8, 4) is 0 Å². The number of carbonyl (C=O) groups excluding carboxylic acids is 3. The summed E-state index contributed by atoms with van der Waals surface area (Å²) in [6, 6.07) is 20.3. The van der Waals surface area contributed by atoms with Gasteiger partial charge < -0.3 is 19.3 Å². The molecule has 7 heteroatoms. The Labute approximate surface area is 260 Å². The number of anilines is 1. The van der Waals surface area contributed by atoms with Gasteiger partial charge in [-0.2, -0.15) is 0 Å². The van der Waals surface area contributed by atoms with Gasteiger partial charge in [0.25, 0.3) is 17.6 Å². The van der Waals surface area contributed by atoms with Crippen molar-refractivity contribution in [3.63, 3.8) is 0 Å². The summed E-state index contributed by atoms with van der Waals surface area (Å²) in [6.07, 6.45) is 12.0. The van der Waals surface area contributed by atoms with Crippen LogP contribution in [0.2, 0.25) is 0 Å². The molecular formula is C37H44N4O3. The lowest BCUT2D eigenvalue weighted by atomic mass is 9.84. The zero-order chi connectivity index (χ0) is 30.0. The zero-order valence-electron chi connectivity index (χ0n) is 25.8.